The first kappa shape index (κ1) is 23.5. The Morgan fingerprint density at radius 3 is 1.84 bits per heavy atom. The van der Waals surface area contributed by atoms with Crippen LogP contribution in [0.1, 0.15) is 92.9 Å². The van der Waals surface area contributed by atoms with Gasteiger partial charge in [0.05, 0.1) is 0 Å². The second-order valence-corrected chi connectivity index (χ2v) is 23.6. The van der Waals surface area contributed by atoms with E-state index in [9.17, 15) is 5.11 Å². The van der Waals surface area contributed by atoms with E-state index in [1.807, 2.05) is 0 Å². The van der Waals surface area contributed by atoms with Crippen molar-refractivity contribution in [1.82, 2.24) is 0 Å². The van der Waals surface area contributed by atoms with Crippen LogP contribution in [0, 0.1) is 11.8 Å². The molecule has 0 aromatic rings. The SMILES string of the molecule is C=C(C)[C@@H]1C[C@@H]([Sn]([CH2]CCC)([CH2]CCC)[CH2]CCC)[C@@H](C)[C@](C)(O)C1. The molecular weight excluding hydrogens is 411 g/mol. The molecule has 25 heavy (non-hydrogen) atoms. The zero-order valence-electron chi connectivity index (χ0n) is 18.2. The summed E-state index contributed by atoms with van der Waals surface area (Å²) in [4.78, 5) is 0. The molecule has 1 aliphatic rings. The minimum atomic E-state index is -2.33. The van der Waals surface area contributed by atoms with E-state index in [0.29, 0.717) is 11.8 Å². The molecule has 0 unspecified atom stereocenters. The second kappa shape index (κ2) is 10.7. The van der Waals surface area contributed by atoms with Gasteiger partial charge in [0.25, 0.3) is 0 Å². The quantitative estimate of drug-likeness (QED) is 0.251. The Hall–Kier alpha value is 0.499. The number of hydrogen-bond donors (Lipinski definition) is 1. The van der Waals surface area contributed by atoms with Crippen molar-refractivity contribution < 1.29 is 5.11 Å². The Labute approximate surface area is 162 Å². The van der Waals surface area contributed by atoms with Gasteiger partial charge in [-0.25, -0.2) is 0 Å². The molecule has 1 saturated carbocycles. The van der Waals surface area contributed by atoms with Gasteiger partial charge < -0.3 is 0 Å². The average Bonchev–Trinajstić information content (AvgIpc) is 2.57. The van der Waals surface area contributed by atoms with Crippen LogP contribution in [0.25, 0.3) is 0 Å². The van der Waals surface area contributed by atoms with E-state index in [-0.39, 0.29) is 0 Å². The normalized spacial score (nSPS) is 30.4. The predicted octanol–water partition coefficient (Wildman–Crippen LogP) is 7.58. The predicted molar refractivity (Wildman–Crippen MR) is 116 cm³/mol. The fourth-order valence-corrected chi connectivity index (χ4v) is 26.0. The molecule has 1 N–H and O–H groups in total. The molecule has 0 spiro atoms. The van der Waals surface area contributed by atoms with Crippen LogP contribution in [0.2, 0.25) is 17.2 Å². The number of rotatable bonds is 11. The summed E-state index contributed by atoms with van der Waals surface area (Å²) >= 11 is -2.33. The third kappa shape index (κ3) is 6.26. The molecule has 1 fully saturated rings. The third-order valence-electron chi connectivity index (χ3n) is 7.35. The molecule has 1 rings (SSSR count). The molecule has 1 aliphatic carbocycles. The van der Waals surface area contributed by atoms with Crippen molar-refractivity contribution in [3.63, 3.8) is 0 Å². The summed E-state index contributed by atoms with van der Waals surface area (Å²) < 4.78 is 5.50. The van der Waals surface area contributed by atoms with Crippen LogP contribution in [0.15, 0.2) is 12.2 Å². The molecule has 0 aromatic carbocycles. The number of allylic oxidation sites excluding steroid dienone is 1. The molecule has 0 aromatic heterocycles. The zero-order valence-corrected chi connectivity index (χ0v) is 21.0. The van der Waals surface area contributed by atoms with Crippen molar-refractivity contribution in [2.24, 2.45) is 11.8 Å². The monoisotopic (exact) mass is 458 g/mol. The zero-order chi connectivity index (χ0) is 19.1. The fourth-order valence-electron chi connectivity index (χ4n) is 5.39. The second-order valence-electron chi connectivity index (χ2n) is 9.41. The molecule has 0 aliphatic heterocycles. The molecule has 148 valence electrons. The van der Waals surface area contributed by atoms with Gasteiger partial charge in [0.1, 0.15) is 0 Å². The number of aliphatic hydroxyl groups is 1. The van der Waals surface area contributed by atoms with Crippen LogP contribution < -0.4 is 0 Å². The molecule has 0 bridgehead atoms. The van der Waals surface area contributed by atoms with Crippen LogP contribution >= 0.6 is 0 Å². The summed E-state index contributed by atoms with van der Waals surface area (Å²) in [7, 11) is 0. The van der Waals surface area contributed by atoms with Crippen LogP contribution in [0.3, 0.4) is 0 Å². The van der Waals surface area contributed by atoms with E-state index < -0.39 is 24.0 Å². The van der Waals surface area contributed by atoms with Crippen LogP contribution in [-0.4, -0.2) is 29.1 Å². The molecule has 4 atom stereocenters. The van der Waals surface area contributed by atoms with Crippen molar-refractivity contribution in [3.05, 3.63) is 12.2 Å². The molecule has 0 heterocycles. The Morgan fingerprint density at radius 1 is 1.04 bits per heavy atom. The molecule has 1 nitrogen and oxygen atoms in total. The van der Waals surface area contributed by atoms with E-state index in [1.54, 1.807) is 13.3 Å². The Kier molecular flexibility index (Phi) is 10.1. The minimum absolute atomic E-state index is 0.476. The Bertz CT molecular complexity index is 379. The van der Waals surface area contributed by atoms with Gasteiger partial charge in [0, 0.05) is 0 Å². The summed E-state index contributed by atoms with van der Waals surface area (Å²) in [6.07, 6.45) is 10.5. The topological polar surface area (TPSA) is 20.2 Å². The molecule has 0 radical (unpaired) electrons. The van der Waals surface area contributed by atoms with Crippen molar-refractivity contribution in [3.8, 4) is 0 Å². The van der Waals surface area contributed by atoms with E-state index in [1.165, 1.54) is 50.5 Å². The van der Waals surface area contributed by atoms with Crippen LogP contribution in [-0.2, 0) is 0 Å². The van der Waals surface area contributed by atoms with E-state index in [4.69, 9.17) is 0 Å². The van der Waals surface area contributed by atoms with Crippen molar-refractivity contribution >= 4 is 18.4 Å². The van der Waals surface area contributed by atoms with Gasteiger partial charge in [0.15, 0.2) is 0 Å². The average molecular weight is 457 g/mol. The van der Waals surface area contributed by atoms with Gasteiger partial charge >= 0.3 is 163 Å². The van der Waals surface area contributed by atoms with Crippen LogP contribution in [0.5, 0.6) is 0 Å². The molecular formula is C23H46OSn. The van der Waals surface area contributed by atoms with Gasteiger partial charge in [-0.05, 0) is 0 Å². The summed E-state index contributed by atoms with van der Waals surface area (Å²) in [6, 6.07) is 0. The Morgan fingerprint density at radius 2 is 1.48 bits per heavy atom. The van der Waals surface area contributed by atoms with Gasteiger partial charge in [-0.15, -0.1) is 0 Å². The standard InChI is InChI=1S/C11H19O.3C4H9.Sn/c1-8(2)10-6-5-9(3)11(4,12)7-10;3*1-3-4-2;/h5,9-10,12H,1,6-7H2,2-4H3;3*1,3-4H2,2H3;/t9-,10-,11-;;;;/m1..../s1. The number of hydrogen-bond acceptors (Lipinski definition) is 1. The summed E-state index contributed by atoms with van der Waals surface area (Å²) in [5.41, 5.74) is 0.804. The first-order chi connectivity index (χ1) is 11.7. The van der Waals surface area contributed by atoms with Crippen molar-refractivity contribution in [2.45, 2.75) is 116 Å². The van der Waals surface area contributed by atoms with Crippen LogP contribution in [0.4, 0.5) is 0 Å². The van der Waals surface area contributed by atoms with E-state index in [0.717, 1.165) is 10.4 Å². The van der Waals surface area contributed by atoms with Crippen molar-refractivity contribution in [1.29, 1.82) is 0 Å². The third-order valence-corrected chi connectivity index (χ3v) is 25.5. The van der Waals surface area contributed by atoms with Crippen molar-refractivity contribution in [2.75, 3.05) is 0 Å². The van der Waals surface area contributed by atoms with Gasteiger partial charge in [-0.2, -0.15) is 0 Å². The maximum absolute atomic E-state index is 11.3. The molecule has 0 saturated heterocycles. The summed E-state index contributed by atoms with van der Waals surface area (Å²) in [5.74, 6) is 1.02. The van der Waals surface area contributed by atoms with E-state index >= 15 is 0 Å². The van der Waals surface area contributed by atoms with Gasteiger partial charge in [-0.1, -0.05) is 0 Å². The first-order valence-corrected chi connectivity index (χ1v) is 18.8. The number of unbranched alkanes of at least 4 members (excludes halogenated alkanes) is 3. The van der Waals surface area contributed by atoms with Gasteiger partial charge in [0.2, 0.25) is 0 Å². The molecule has 0 amide bonds. The van der Waals surface area contributed by atoms with Gasteiger partial charge in [-0.3, -0.25) is 0 Å². The molecule has 2 heteroatoms. The Balaban J connectivity index is 3.22. The maximum atomic E-state index is 11.3. The summed E-state index contributed by atoms with van der Waals surface area (Å²) in [5, 5.41) is 11.3. The first-order valence-electron chi connectivity index (χ1n) is 11.1. The van der Waals surface area contributed by atoms with E-state index in [2.05, 4.69) is 48.1 Å². The summed E-state index contributed by atoms with van der Waals surface area (Å²) in [6.45, 7) is 18.0. The fraction of sp³-hybridized carbons (Fsp3) is 0.913.